The summed E-state index contributed by atoms with van der Waals surface area (Å²) in [5.74, 6) is -0.0887. The van der Waals surface area contributed by atoms with Crippen LogP contribution in [0.4, 0.5) is 0 Å². The van der Waals surface area contributed by atoms with Gasteiger partial charge in [0.05, 0.1) is 4.90 Å². The molecule has 0 atom stereocenters. The number of hydrogen-bond donors (Lipinski definition) is 0. The Kier molecular flexibility index (Phi) is 4.43. The Morgan fingerprint density at radius 2 is 1.72 bits per heavy atom. The molecule has 1 aromatic rings. The SMILES string of the molecule is C=C(C)CN(C)S(=O)(=O)c1ccc(C(C)=O)cc1. The van der Waals surface area contributed by atoms with Crippen molar-refractivity contribution in [1.82, 2.24) is 4.31 Å². The molecule has 0 N–H and O–H groups in total. The fourth-order valence-corrected chi connectivity index (χ4v) is 2.74. The van der Waals surface area contributed by atoms with E-state index in [1.807, 2.05) is 0 Å². The fraction of sp³-hybridized carbons (Fsp3) is 0.308. The molecule has 1 aromatic carbocycles. The highest BCUT2D eigenvalue weighted by Gasteiger charge is 2.20. The Labute approximate surface area is 108 Å². The number of likely N-dealkylation sites (N-methyl/N-ethyl adjacent to an activating group) is 1. The molecule has 0 aliphatic rings. The smallest absolute Gasteiger partial charge is 0.243 e. The molecular formula is C13H17NO3S. The molecule has 0 heterocycles. The van der Waals surface area contributed by atoms with Crippen LogP contribution in [-0.2, 0) is 10.0 Å². The van der Waals surface area contributed by atoms with Gasteiger partial charge in [0.1, 0.15) is 0 Å². The molecule has 4 nitrogen and oxygen atoms in total. The minimum Gasteiger partial charge on any atom is -0.295 e. The second kappa shape index (κ2) is 5.46. The summed E-state index contributed by atoms with van der Waals surface area (Å²) in [5.41, 5.74) is 1.26. The molecule has 0 fully saturated rings. The van der Waals surface area contributed by atoms with Crippen LogP contribution in [0.5, 0.6) is 0 Å². The van der Waals surface area contributed by atoms with Gasteiger partial charge in [-0.25, -0.2) is 8.42 Å². The van der Waals surface area contributed by atoms with Crippen molar-refractivity contribution in [1.29, 1.82) is 0 Å². The number of Topliss-reactive ketones (excluding diaryl/α,β-unsaturated/α-hetero) is 1. The first kappa shape index (κ1) is 14.6. The zero-order valence-electron chi connectivity index (χ0n) is 10.8. The molecule has 18 heavy (non-hydrogen) atoms. The van der Waals surface area contributed by atoms with Gasteiger partial charge in [-0.3, -0.25) is 4.79 Å². The molecule has 0 saturated carbocycles. The predicted molar refractivity (Wildman–Crippen MR) is 71.1 cm³/mol. The first-order valence-corrected chi connectivity index (χ1v) is 6.91. The van der Waals surface area contributed by atoms with Crippen molar-refractivity contribution >= 4 is 15.8 Å². The summed E-state index contributed by atoms with van der Waals surface area (Å²) < 4.78 is 25.5. The van der Waals surface area contributed by atoms with E-state index in [1.54, 1.807) is 6.92 Å². The average molecular weight is 267 g/mol. The van der Waals surface area contributed by atoms with Crippen LogP contribution < -0.4 is 0 Å². The van der Waals surface area contributed by atoms with Gasteiger partial charge in [-0.2, -0.15) is 4.31 Å². The van der Waals surface area contributed by atoms with Crippen molar-refractivity contribution in [3.63, 3.8) is 0 Å². The first-order chi connectivity index (χ1) is 8.25. The Morgan fingerprint density at radius 1 is 1.22 bits per heavy atom. The maximum atomic E-state index is 12.1. The molecule has 0 unspecified atom stereocenters. The van der Waals surface area contributed by atoms with Crippen molar-refractivity contribution in [2.45, 2.75) is 18.7 Å². The maximum absolute atomic E-state index is 12.1. The Hall–Kier alpha value is -1.46. The molecule has 0 radical (unpaired) electrons. The van der Waals surface area contributed by atoms with E-state index >= 15 is 0 Å². The van der Waals surface area contributed by atoms with Crippen molar-refractivity contribution in [2.24, 2.45) is 0 Å². The number of nitrogens with zero attached hydrogens (tertiary/aromatic N) is 1. The lowest BCUT2D eigenvalue weighted by atomic mass is 10.2. The van der Waals surface area contributed by atoms with E-state index < -0.39 is 10.0 Å². The standard InChI is InChI=1S/C13H17NO3S/c1-10(2)9-14(4)18(16,17)13-7-5-12(6-8-13)11(3)15/h5-8H,1,9H2,2-4H3. The van der Waals surface area contributed by atoms with Crippen LogP contribution in [0.25, 0.3) is 0 Å². The third kappa shape index (κ3) is 3.27. The molecule has 5 heteroatoms. The average Bonchev–Trinajstić information content (AvgIpc) is 2.28. The van der Waals surface area contributed by atoms with Crippen LogP contribution in [0.2, 0.25) is 0 Å². The molecule has 0 aliphatic heterocycles. The van der Waals surface area contributed by atoms with E-state index in [0.717, 1.165) is 5.57 Å². The molecule has 1 rings (SSSR count). The molecule has 98 valence electrons. The van der Waals surface area contributed by atoms with E-state index in [1.165, 1.54) is 42.5 Å². The Morgan fingerprint density at radius 3 is 2.11 bits per heavy atom. The van der Waals surface area contributed by atoms with Gasteiger partial charge < -0.3 is 0 Å². The van der Waals surface area contributed by atoms with Gasteiger partial charge >= 0.3 is 0 Å². The molecule has 0 aromatic heterocycles. The molecule has 0 amide bonds. The number of benzene rings is 1. The Balaban J connectivity index is 3.05. The number of carbonyl (C=O) groups excluding carboxylic acids is 1. The van der Waals surface area contributed by atoms with Gasteiger partial charge in [-0.1, -0.05) is 24.3 Å². The van der Waals surface area contributed by atoms with E-state index in [9.17, 15) is 13.2 Å². The normalized spacial score (nSPS) is 11.6. The lowest BCUT2D eigenvalue weighted by Crippen LogP contribution is -2.28. The van der Waals surface area contributed by atoms with Gasteiger partial charge in [-0.05, 0) is 26.0 Å². The van der Waals surface area contributed by atoms with Gasteiger partial charge in [0.25, 0.3) is 0 Å². The van der Waals surface area contributed by atoms with Crippen LogP contribution in [0.15, 0.2) is 41.3 Å². The van der Waals surface area contributed by atoms with Gasteiger partial charge in [0.2, 0.25) is 10.0 Å². The third-order valence-corrected chi connectivity index (χ3v) is 4.28. The summed E-state index contributed by atoms with van der Waals surface area (Å²) in [5, 5.41) is 0. The summed E-state index contributed by atoms with van der Waals surface area (Å²) >= 11 is 0. The number of ketones is 1. The van der Waals surface area contributed by atoms with E-state index in [2.05, 4.69) is 6.58 Å². The highest BCUT2D eigenvalue weighted by molar-refractivity contribution is 7.89. The van der Waals surface area contributed by atoms with Crippen LogP contribution >= 0.6 is 0 Å². The second-order valence-electron chi connectivity index (χ2n) is 4.30. The summed E-state index contributed by atoms with van der Waals surface area (Å²) in [6, 6.07) is 5.93. The molecular weight excluding hydrogens is 250 g/mol. The highest BCUT2D eigenvalue weighted by Crippen LogP contribution is 2.16. The number of carbonyl (C=O) groups is 1. The first-order valence-electron chi connectivity index (χ1n) is 5.47. The van der Waals surface area contributed by atoms with Gasteiger partial charge in [-0.15, -0.1) is 0 Å². The van der Waals surface area contributed by atoms with E-state index in [4.69, 9.17) is 0 Å². The fourth-order valence-electron chi connectivity index (χ4n) is 1.51. The lowest BCUT2D eigenvalue weighted by Gasteiger charge is -2.17. The summed E-state index contributed by atoms with van der Waals surface area (Å²) in [7, 11) is -2.01. The summed E-state index contributed by atoms with van der Waals surface area (Å²) in [4.78, 5) is 11.3. The molecule has 0 aliphatic carbocycles. The summed E-state index contributed by atoms with van der Waals surface area (Å²) in [6.07, 6.45) is 0. The molecule has 0 spiro atoms. The van der Waals surface area contributed by atoms with Crippen LogP contribution in [0.3, 0.4) is 0 Å². The van der Waals surface area contributed by atoms with Gasteiger partial charge in [0.15, 0.2) is 5.78 Å². The Bertz CT molecular complexity index is 558. The third-order valence-electron chi connectivity index (χ3n) is 2.46. The van der Waals surface area contributed by atoms with Crippen LogP contribution in [-0.4, -0.2) is 32.1 Å². The number of rotatable bonds is 5. The van der Waals surface area contributed by atoms with Gasteiger partial charge in [0, 0.05) is 19.2 Å². The predicted octanol–water partition coefficient (Wildman–Crippen LogP) is 2.09. The lowest BCUT2D eigenvalue weighted by molar-refractivity contribution is 0.101. The molecule has 0 bridgehead atoms. The van der Waals surface area contributed by atoms with E-state index in [-0.39, 0.29) is 17.2 Å². The van der Waals surface area contributed by atoms with Crippen LogP contribution in [0.1, 0.15) is 24.2 Å². The van der Waals surface area contributed by atoms with Crippen molar-refractivity contribution in [3.05, 3.63) is 42.0 Å². The molecule has 0 saturated heterocycles. The van der Waals surface area contributed by atoms with Crippen molar-refractivity contribution in [2.75, 3.05) is 13.6 Å². The van der Waals surface area contributed by atoms with Crippen molar-refractivity contribution in [3.8, 4) is 0 Å². The zero-order chi connectivity index (χ0) is 13.9. The topological polar surface area (TPSA) is 54.5 Å². The monoisotopic (exact) mass is 267 g/mol. The van der Waals surface area contributed by atoms with E-state index in [0.29, 0.717) is 5.56 Å². The minimum atomic E-state index is -3.52. The summed E-state index contributed by atoms with van der Waals surface area (Å²) in [6.45, 7) is 7.17. The quantitative estimate of drug-likeness (QED) is 0.606. The number of sulfonamides is 1. The van der Waals surface area contributed by atoms with Crippen molar-refractivity contribution < 1.29 is 13.2 Å². The maximum Gasteiger partial charge on any atom is 0.243 e. The largest absolute Gasteiger partial charge is 0.295 e. The second-order valence-corrected chi connectivity index (χ2v) is 6.34. The van der Waals surface area contributed by atoms with Crippen LogP contribution in [0, 0.1) is 0 Å². The number of hydrogen-bond acceptors (Lipinski definition) is 3. The highest BCUT2D eigenvalue weighted by atomic mass is 32.2. The zero-order valence-corrected chi connectivity index (χ0v) is 11.6. The minimum absolute atomic E-state index is 0.0887.